The second kappa shape index (κ2) is 6.67. The molecule has 0 saturated carbocycles. The number of carbonyl (C=O) groups is 1. The predicted molar refractivity (Wildman–Crippen MR) is 79.4 cm³/mol. The van der Waals surface area contributed by atoms with Crippen molar-refractivity contribution < 1.29 is 18.7 Å². The van der Waals surface area contributed by atoms with E-state index in [9.17, 15) is 18.7 Å². The summed E-state index contributed by atoms with van der Waals surface area (Å²) in [5.41, 5.74) is 0.232. The van der Waals surface area contributed by atoms with Crippen molar-refractivity contribution in [3.05, 3.63) is 64.1 Å². The summed E-state index contributed by atoms with van der Waals surface area (Å²) in [5, 5.41) is 11.8. The number of carboxylic acids is 1. The van der Waals surface area contributed by atoms with Gasteiger partial charge in [-0.2, -0.15) is 0 Å². The first kappa shape index (κ1) is 15.4. The van der Waals surface area contributed by atoms with Gasteiger partial charge in [0, 0.05) is 11.0 Å². The number of aliphatic carboxylic acids is 1. The molecule has 0 aliphatic heterocycles. The fourth-order valence-electron chi connectivity index (χ4n) is 1.95. The molecule has 0 radical (unpaired) electrons. The predicted octanol–water partition coefficient (Wildman–Crippen LogP) is 4.01. The molecule has 1 unspecified atom stereocenters. The van der Waals surface area contributed by atoms with Crippen molar-refractivity contribution in [1.29, 1.82) is 0 Å². The van der Waals surface area contributed by atoms with Crippen LogP contribution in [0.5, 0.6) is 0 Å². The maximum absolute atomic E-state index is 13.7. The number of rotatable bonds is 5. The number of halogens is 3. The van der Waals surface area contributed by atoms with Crippen molar-refractivity contribution in [2.45, 2.75) is 5.92 Å². The van der Waals surface area contributed by atoms with E-state index in [1.165, 1.54) is 0 Å². The van der Waals surface area contributed by atoms with Crippen LogP contribution in [0.25, 0.3) is 0 Å². The Hall–Kier alpha value is -1.95. The Bertz CT molecular complexity index is 626. The number of hydrogen-bond acceptors (Lipinski definition) is 2. The zero-order valence-electron chi connectivity index (χ0n) is 10.8. The van der Waals surface area contributed by atoms with Gasteiger partial charge in [0.05, 0.1) is 5.92 Å². The summed E-state index contributed by atoms with van der Waals surface area (Å²) in [4.78, 5) is 11.3. The lowest BCUT2D eigenvalue weighted by Gasteiger charge is -2.15. The monoisotopic (exact) mass is 355 g/mol. The second-order valence-corrected chi connectivity index (χ2v) is 5.34. The maximum Gasteiger partial charge on any atom is 0.312 e. The molecule has 1 atom stereocenters. The van der Waals surface area contributed by atoms with Crippen molar-refractivity contribution >= 4 is 27.6 Å². The summed E-state index contributed by atoms with van der Waals surface area (Å²) in [6.45, 7) is -0.116. The molecule has 0 spiro atoms. The molecular weight excluding hydrogens is 344 g/mol. The Kier molecular flexibility index (Phi) is 4.90. The van der Waals surface area contributed by atoms with Crippen LogP contribution in [0.2, 0.25) is 0 Å². The third kappa shape index (κ3) is 3.78. The molecule has 0 saturated heterocycles. The highest BCUT2D eigenvalue weighted by molar-refractivity contribution is 9.10. The Morgan fingerprint density at radius 2 is 1.76 bits per heavy atom. The van der Waals surface area contributed by atoms with E-state index in [4.69, 9.17) is 0 Å². The van der Waals surface area contributed by atoms with Gasteiger partial charge in [0.25, 0.3) is 0 Å². The van der Waals surface area contributed by atoms with E-state index >= 15 is 0 Å². The van der Waals surface area contributed by atoms with Crippen LogP contribution in [0, 0.1) is 11.6 Å². The van der Waals surface area contributed by atoms with E-state index in [0.717, 1.165) is 12.1 Å². The third-order valence-corrected chi connectivity index (χ3v) is 3.45. The lowest BCUT2D eigenvalue weighted by Crippen LogP contribution is -2.21. The highest BCUT2D eigenvalue weighted by Crippen LogP contribution is 2.25. The fraction of sp³-hybridized carbons (Fsp3) is 0.133. The molecule has 2 aromatic rings. The van der Waals surface area contributed by atoms with Crippen molar-refractivity contribution in [2.75, 3.05) is 11.9 Å². The van der Waals surface area contributed by atoms with Gasteiger partial charge in [0.1, 0.15) is 17.3 Å². The highest BCUT2D eigenvalue weighted by atomic mass is 79.9. The molecule has 0 heterocycles. The number of benzene rings is 2. The van der Waals surface area contributed by atoms with Crippen molar-refractivity contribution in [1.82, 2.24) is 0 Å². The summed E-state index contributed by atoms with van der Waals surface area (Å²) in [6.07, 6.45) is 0. The number of nitrogens with one attached hydrogen (secondary N) is 1. The summed E-state index contributed by atoms with van der Waals surface area (Å²) in [6, 6.07) is 10.7. The van der Waals surface area contributed by atoms with Crippen LogP contribution < -0.4 is 5.32 Å². The van der Waals surface area contributed by atoms with E-state index < -0.39 is 23.5 Å². The van der Waals surface area contributed by atoms with Gasteiger partial charge in [-0.25, -0.2) is 8.78 Å². The first-order chi connectivity index (χ1) is 9.99. The highest BCUT2D eigenvalue weighted by Gasteiger charge is 2.21. The molecule has 2 aromatic carbocycles. The lowest BCUT2D eigenvalue weighted by molar-refractivity contribution is -0.138. The van der Waals surface area contributed by atoms with Gasteiger partial charge in [-0.1, -0.05) is 46.3 Å². The normalized spacial score (nSPS) is 12.0. The molecule has 0 aliphatic rings. The van der Waals surface area contributed by atoms with E-state index in [0.29, 0.717) is 5.56 Å². The summed E-state index contributed by atoms with van der Waals surface area (Å²) < 4.78 is 27.6. The van der Waals surface area contributed by atoms with Gasteiger partial charge in [-0.3, -0.25) is 4.79 Å². The van der Waals surface area contributed by atoms with Crippen LogP contribution in [0.15, 0.2) is 46.9 Å². The van der Waals surface area contributed by atoms with Crippen LogP contribution in [0.3, 0.4) is 0 Å². The average molecular weight is 356 g/mol. The minimum absolute atomic E-state index is 0.116. The standard InChI is InChI=1S/C15H12BrF2NO2/c16-10-6-12(17)14(13(18)7-10)19-8-11(15(20)21)9-4-2-1-3-5-9/h1-7,11,19H,8H2,(H,20,21). The third-order valence-electron chi connectivity index (χ3n) is 2.99. The zero-order valence-corrected chi connectivity index (χ0v) is 12.4. The molecular formula is C15H12BrF2NO2. The smallest absolute Gasteiger partial charge is 0.312 e. The molecule has 0 amide bonds. The molecule has 2 N–H and O–H groups in total. The molecule has 6 heteroatoms. The van der Waals surface area contributed by atoms with Gasteiger partial charge in [-0.05, 0) is 17.7 Å². The molecule has 110 valence electrons. The second-order valence-electron chi connectivity index (χ2n) is 4.43. The van der Waals surface area contributed by atoms with Crippen molar-refractivity contribution in [3.63, 3.8) is 0 Å². The van der Waals surface area contributed by atoms with Crippen molar-refractivity contribution in [2.24, 2.45) is 0 Å². The summed E-state index contributed by atoms with van der Waals surface area (Å²) in [5.74, 6) is -3.52. The van der Waals surface area contributed by atoms with E-state index in [2.05, 4.69) is 21.2 Å². The SMILES string of the molecule is O=C(O)C(CNc1c(F)cc(Br)cc1F)c1ccccc1. The first-order valence-electron chi connectivity index (χ1n) is 6.15. The number of hydrogen-bond donors (Lipinski definition) is 2. The minimum Gasteiger partial charge on any atom is -0.481 e. The van der Waals surface area contributed by atoms with Crippen LogP contribution in [0.4, 0.5) is 14.5 Å². The molecule has 21 heavy (non-hydrogen) atoms. The molecule has 0 aromatic heterocycles. The molecule has 0 fully saturated rings. The largest absolute Gasteiger partial charge is 0.481 e. The van der Waals surface area contributed by atoms with E-state index in [1.54, 1.807) is 30.3 Å². The van der Waals surface area contributed by atoms with E-state index in [1.807, 2.05) is 0 Å². The van der Waals surface area contributed by atoms with Crippen LogP contribution in [-0.4, -0.2) is 17.6 Å². The molecule has 3 nitrogen and oxygen atoms in total. The Labute approximate surface area is 128 Å². The van der Waals surface area contributed by atoms with Gasteiger partial charge in [0.2, 0.25) is 0 Å². The van der Waals surface area contributed by atoms with Crippen LogP contribution >= 0.6 is 15.9 Å². The molecule has 2 rings (SSSR count). The maximum atomic E-state index is 13.7. The minimum atomic E-state index is -1.06. The quantitative estimate of drug-likeness (QED) is 0.851. The zero-order chi connectivity index (χ0) is 15.4. The van der Waals surface area contributed by atoms with E-state index in [-0.39, 0.29) is 16.7 Å². The first-order valence-corrected chi connectivity index (χ1v) is 6.94. The lowest BCUT2D eigenvalue weighted by atomic mass is 9.99. The Morgan fingerprint density at radius 3 is 2.29 bits per heavy atom. The number of carboxylic acid groups (broad SMARTS) is 1. The van der Waals surface area contributed by atoms with Gasteiger partial charge >= 0.3 is 5.97 Å². The number of anilines is 1. The van der Waals surface area contributed by atoms with Gasteiger partial charge < -0.3 is 10.4 Å². The summed E-state index contributed by atoms with van der Waals surface area (Å²) >= 11 is 2.99. The van der Waals surface area contributed by atoms with Gasteiger partial charge in [0.15, 0.2) is 0 Å². The Balaban J connectivity index is 2.19. The van der Waals surface area contributed by atoms with Crippen LogP contribution in [-0.2, 0) is 4.79 Å². The fourth-order valence-corrected chi connectivity index (χ4v) is 2.35. The Morgan fingerprint density at radius 1 is 1.19 bits per heavy atom. The summed E-state index contributed by atoms with van der Waals surface area (Å²) in [7, 11) is 0. The molecule has 0 bridgehead atoms. The van der Waals surface area contributed by atoms with Crippen LogP contribution in [0.1, 0.15) is 11.5 Å². The van der Waals surface area contributed by atoms with Gasteiger partial charge in [-0.15, -0.1) is 0 Å². The topological polar surface area (TPSA) is 49.3 Å². The average Bonchev–Trinajstić information content (AvgIpc) is 2.42. The molecule has 0 aliphatic carbocycles. The van der Waals surface area contributed by atoms with Crippen molar-refractivity contribution in [3.8, 4) is 0 Å².